The molecule has 1 radical (unpaired) electrons. The van der Waals surface area contributed by atoms with Crippen molar-refractivity contribution in [2.75, 3.05) is 18.1 Å². The van der Waals surface area contributed by atoms with Crippen LogP contribution in [0.15, 0.2) is 416 Å². The summed E-state index contributed by atoms with van der Waals surface area (Å²) in [5.74, 6) is 5.30. The molecule has 3 aliphatic heterocycles. The Hall–Kier alpha value is -15.0. The Morgan fingerprint density at radius 1 is 0.341 bits per heavy atom. The third-order valence-electron chi connectivity index (χ3n) is 23.2. The minimum atomic E-state index is -2.15. The number of carbonyl (C=O) groups is 1. The highest BCUT2D eigenvalue weighted by molar-refractivity contribution is 8.00. The SMILES string of the molecule is [CH2]CC(Sc1ccccc1COc1ccc(OCc2ccc3ccccc3n2)cc1)C(C1(COc2ccc(COc3ccc(SCc4ccc5ccccc5n4)cc3)cc2)N=NN=N1)(C1(Cc2ccc(CSc3ccc(OCc4ccc5ccccc5n4)cc3)cc2)N=NN=N1)C1(CN(C(C)=O)c2ccc(COc3ccc(OCc4ccc5ccccc5n4)cc3)cc2)N=NN=N1. The van der Waals surface area contributed by atoms with Gasteiger partial charge in [-0.15, -0.1) is 66.0 Å². The predicted molar refractivity (Wildman–Crippen MR) is 510 cm³/mol. The fourth-order valence-electron chi connectivity index (χ4n) is 16.5. The smallest absolute Gasteiger partial charge is 0.244 e. The summed E-state index contributed by atoms with van der Waals surface area (Å²) in [5, 5.41) is 61.5. The van der Waals surface area contributed by atoms with E-state index in [1.54, 1.807) is 28.4 Å². The minimum Gasteiger partial charge on any atom is -0.489 e. The van der Waals surface area contributed by atoms with Gasteiger partial charge >= 0.3 is 0 Å². The van der Waals surface area contributed by atoms with Gasteiger partial charge in [0.25, 0.3) is 0 Å². The molecule has 12 aromatic carbocycles. The van der Waals surface area contributed by atoms with E-state index in [2.05, 4.69) is 92.0 Å². The fourth-order valence-corrected chi connectivity index (χ4v) is 19.8. The maximum atomic E-state index is 15.2. The molecular weight excluding hydrogens is 1710 g/mol. The van der Waals surface area contributed by atoms with Crippen molar-refractivity contribution in [1.82, 2.24) is 19.9 Å². The van der Waals surface area contributed by atoms with E-state index in [-0.39, 0.29) is 45.8 Å². The molecule has 2 unspecified atom stereocenters. The van der Waals surface area contributed by atoms with Gasteiger partial charge in [0, 0.05) is 77.6 Å². The number of anilines is 1. The Bertz CT molecular complexity index is 6930. The summed E-state index contributed by atoms with van der Waals surface area (Å²) in [5.41, 5.74) is 3.45. The number of hydrogen-bond donors (Lipinski definition) is 0. The van der Waals surface area contributed by atoms with Crippen molar-refractivity contribution < 1.29 is 38.0 Å². The van der Waals surface area contributed by atoms with Crippen LogP contribution in [0, 0.1) is 12.3 Å². The van der Waals surface area contributed by atoms with E-state index >= 15 is 4.79 Å². The molecule has 653 valence electrons. The van der Waals surface area contributed by atoms with Crippen LogP contribution in [0.3, 0.4) is 0 Å². The molecule has 4 aromatic heterocycles. The first-order valence-electron chi connectivity index (χ1n) is 43.0. The second kappa shape index (κ2) is 39.9. The number of ether oxygens (including phenoxy) is 7. The number of aromatic nitrogens is 4. The quantitative estimate of drug-likeness (QED) is 0.0324. The van der Waals surface area contributed by atoms with E-state index < -0.39 is 40.2 Å². The lowest BCUT2D eigenvalue weighted by Crippen LogP contribution is -2.76. The first-order valence-corrected chi connectivity index (χ1v) is 45.8. The van der Waals surface area contributed by atoms with Gasteiger partial charge in [0.05, 0.1) is 51.4 Å². The van der Waals surface area contributed by atoms with E-state index in [9.17, 15) is 0 Å². The molecule has 0 saturated carbocycles. The zero-order chi connectivity index (χ0) is 89.4. The van der Waals surface area contributed by atoms with E-state index in [1.807, 2.05) is 279 Å². The number of pyridine rings is 4. The molecule has 0 bridgehead atoms. The molecular formula is C104H86N17O8S3. The summed E-state index contributed by atoms with van der Waals surface area (Å²) < 4.78 is 45.3. The highest BCUT2D eigenvalue weighted by Gasteiger charge is 2.82. The highest BCUT2D eigenvalue weighted by atomic mass is 32.2. The average Bonchev–Trinajstić information content (AvgIpc) is 1.40. The molecule has 1 amide bonds. The first kappa shape index (κ1) is 86.4. The zero-order valence-electron chi connectivity index (χ0n) is 71.7. The number of fused-ring (bicyclic) bond motifs is 4. The van der Waals surface area contributed by atoms with Crippen LogP contribution < -0.4 is 38.1 Å². The molecule has 3 aliphatic rings. The summed E-state index contributed by atoms with van der Waals surface area (Å²) in [6, 6.07) is 111. The summed E-state index contributed by atoms with van der Waals surface area (Å²) >= 11 is 4.81. The summed E-state index contributed by atoms with van der Waals surface area (Å²) in [6.45, 7) is 6.91. The number of benzene rings is 12. The minimum absolute atomic E-state index is 0.0275. The van der Waals surface area contributed by atoms with Crippen molar-refractivity contribution in [1.29, 1.82) is 0 Å². The maximum Gasteiger partial charge on any atom is 0.244 e. The van der Waals surface area contributed by atoms with Gasteiger partial charge in [-0.05, 0) is 236 Å². The van der Waals surface area contributed by atoms with Crippen molar-refractivity contribution in [2.24, 2.45) is 67.4 Å². The van der Waals surface area contributed by atoms with Gasteiger partial charge in [-0.1, -0.05) is 171 Å². The normalized spacial score (nSPS) is 14.3. The maximum absolute atomic E-state index is 15.2. The van der Waals surface area contributed by atoms with Crippen LogP contribution >= 0.6 is 35.3 Å². The molecule has 19 rings (SSSR count). The Labute approximate surface area is 774 Å². The number of hydrogen-bond acceptors (Lipinski definition) is 27. The van der Waals surface area contributed by atoms with Crippen LogP contribution in [0.4, 0.5) is 5.69 Å². The number of amides is 1. The fraction of sp³-hybridized carbons (Fsp3) is 0.173. The molecule has 0 fully saturated rings. The summed E-state index contributed by atoms with van der Waals surface area (Å²) in [7, 11) is 0. The number of carbonyl (C=O) groups excluding carboxylic acids is 1. The Balaban J connectivity index is 0.636. The zero-order valence-corrected chi connectivity index (χ0v) is 74.1. The van der Waals surface area contributed by atoms with Gasteiger partial charge in [-0.2, -0.15) is 0 Å². The Morgan fingerprint density at radius 3 is 1.14 bits per heavy atom. The van der Waals surface area contributed by atoms with Crippen molar-refractivity contribution in [3.05, 3.63) is 397 Å². The van der Waals surface area contributed by atoms with Crippen LogP contribution in [0.25, 0.3) is 43.6 Å². The lowest BCUT2D eigenvalue weighted by atomic mass is 9.55. The average molecular weight is 1800 g/mol. The van der Waals surface area contributed by atoms with Crippen LogP contribution in [0.2, 0.25) is 0 Å². The highest BCUT2D eigenvalue weighted by Crippen LogP contribution is 2.67. The van der Waals surface area contributed by atoms with E-state index in [0.29, 0.717) is 59.2 Å². The molecule has 132 heavy (non-hydrogen) atoms. The second-order valence-corrected chi connectivity index (χ2v) is 35.1. The number of rotatable bonds is 39. The van der Waals surface area contributed by atoms with Gasteiger partial charge in [0.1, 0.15) is 91.9 Å². The van der Waals surface area contributed by atoms with Crippen molar-refractivity contribution in [2.45, 2.75) is 108 Å². The second-order valence-electron chi connectivity index (χ2n) is 31.8. The van der Waals surface area contributed by atoms with Crippen molar-refractivity contribution >= 4 is 90.5 Å². The molecule has 0 N–H and O–H groups in total. The number of nitrogens with zero attached hydrogens (tertiary/aromatic N) is 17. The van der Waals surface area contributed by atoms with Gasteiger partial charge < -0.3 is 38.1 Å². The molecule has 0 saturated heterocycles. The van der Waals surface area contributed by atoms with E-state index in [4.69, 9.17) is 90.7 Å². The number of thioether (sulfide) groups is 3. The summed E-state index contributed by atoms with van der Waals surface area (Å²) in [6.07, 6.45) is -0.0321. The first-order chi connectivity index (χ1) is 64.9. The standard InChI is InChI=1S/C104H86N17O8S3/c1-3-100(132-99-23-13-8-18-80(99)63-125-87-46-50-89(51-47-87)127-65-82-37-33-77-15-5-10-20-96(77)106-82)104(101(109-115-116-110-101)60-72-24-26-75(27-25-72)67-130-93-56-54-91(55-57-93)128-66-83-38-34-78-16-6-11-21-97(78)107-83,103(113-119-120-114-103)70-129-92-42-30-74(31-43-92)62-124-90-52-58-94(59-53-90)131-68-84-39-35-79-17-7-12-22-98(79)108-84)102(111-117-118-112-102)69-121(71(2)122)85-40-28-73(29-41-85)61-123-86-44-48-88(49-45-86)126-64-81-36-32-76-14-4-9-19-95(76)105-81/h4-59,100H,1,3,60-70H2,2H3. The van der Waals surface area contributed by atoms with Crippen LogP contribution in [0.1, 0.15) is 63.9 Å². The third kappa shape index (κ3) is 19.6. The summed E-state index contributed by atoms with van der Waals surface area (Å²) in [4.78, 5) is 38.9. The van der Waals surface area contributed by atoms with Crippen LogP contribution in [-0.4, -0.2) is 61.2 Å². The topological polar surface area (TPSA) is 285 Å². The predicted octanol–water partition coefficient (Wildman–Crippen LogP) is 25.6. The molecule has 0 spiro atoms. The van der Waals surface area contributed by atoms with Gasteiger partial charge in [0.15, 0.2) is 0 Å². The molecule has 0 aliphatic carbocycles. The Kier molecular flexibility index (Phi) is 26.1. The lowest BCUT2D eigenvalue weighted by molar-refractivity contribution is -0.117. The van der Waals surface area contributed by atoms with Crippen LogP contribution in [-0.2, 0) is 62.4 Å². The van der Waals surface area contributed by atoms with Gasteiger partial charge in [0.2, 0.25) is 22.9 Å². The van der Waals surface area contributed by atoms with Crippen LogP contribution in [0.5, 0.6) is 40.2 Å². The van der Waals surface area contributed by atoms with E-state index in [0.717, 1.165) is 120 Å². The van der Waals surface area contributed by atoms with E-state index in [1.165, 1.54) is 18.7 Å². The third-order valence-corrected chi connectivity index (χ3v) is 26.8. The molecule has 7 heterocycles. The lowest BCUT2D eigenvalue weighted by Gasteiger charge is -2.57. The largest absolute Gasteiger partial charge is 0.489 e. The van der Waals surface area contributed by atoms with Gasteiger partial charge in [-0.25, -0.2) is 15.0 Å². The Morgan fingerprint density at radius 2 is 0.689 bits per heavy atom. The molecule has 2 atom stereocenters. The van der Waals surface area contributed by atoms with Crippen molar-refractivity contribution in [3.63, 3.8) is 0 Å². The molecule has 25 nitrogen and oxygen atoms in total. The monoisotopic (exact) mass is 1800 g/mol. The van der Waals surface area contributed by atoms with Crippen molar-refractivity contribution in [3.8, 4) is 40.2 Å². The molecule has 28 heteroatoms. The van der Waals surface area contributed by atoms with Gasteiger partial charge in [-0.3, -0.25) is 9.78 Å². The molecule has 16 aromatic rings. The number of para-hydroxylation sites is 4.